The number of halogens is 3. The molecule has 34 heavy (non-hydrogen) atoms. The van der Waals surface area contributed by atoms with Crippen LogP contribution in [-0.4, -0.2) is 40.9 Å². The number of methoxy groups -OCH3 is 2. The van der Waals surface area contributed by atoms with Gasteiger partial charge in [-0.05, 0) is 43.9 Å². The fourth-order valence-electron chi connectivity index (χ4n) is 4.19. The number of benzene rings is 1. The molecule has 0 bridgehead atoms. The highest BCUT2D eigenvalue weighted by molar-refractivity contribution is 6.04. The SMILES string of the molecule is COC(=O)C1CCC(n2cc3cc(NC(=O)c4cccc(C(F)(F)F)n4)cc(OC)c3n2)CC1. The molecule has 180 valence electrons. The van der Waals surface area contributed by atoms with Crippen LogP contribution in [0.15, 0.2) is 36.5 Å². The summed E-state index contributed by atoms with van der Waals surface area (Å²) in [5, 5.41) is 7.92. The van der Waals surface area contributed by atoms with E-state index in [1.165, 1.54) is 20.3 Å². The van der Waals surface area contributed by atoms with Gasteiger partial charge in [-0.3, -0.25) is 14.3 Å². The monoisotopic (exact) mass is 476 g/mol. The number of nitrogens with one attached hydrogen (secondary N) is 1. The number of amides is 1. The first-order valence-corrected chi connectivity index (χ1v) is 10.7. The van der Waals surface area contributed by atoms with Crippen molar-refractivity contribution in [3.8, 4) is 5.75 Å². The number of hydrogen-bond donors (Lipinski definition) is 1. The van der Waals surface area contributed by atoms with Crippen LogP contribution in [-0.2, 0) is 15.7 Å². The number of anilines is 1. The number of carbonyl (C=O) groups excluding carboxylic acids is 2. The number of aromatic nitrogens is 3. The largest absolute Gasteiger partial charge is 0.494 e. The van der Waals surface area contributed by atoms with Crippen molar-refractivity contribution < 1.29 is 32.2 Å². The van der Waals surface area contributed by atoms with Gasteiger partial charge in [0.15, 0.2) is 0 Å². The number of rotatable bonds is 5. The predicted octanol–water partition coefficient (Wildman–Crippen LogP) is 4.62. The summed E-state index contributed by atoms with van der Waals surface area (Å²) < 4.78 is 50.9. The molecule has 3 aromatic rings. The van der Waals surface area contributed by atoms with Crippen LogP contribution in [0, 0.1) is 5.92 Å². The second-order valence-electron chi connectivity index (χ2n) is 8.11. The van der Waals surface area contributed by atoms with Gasteiger partial charge in [-0.2, -0.15) is 18.3 Å². The minimum absolute atomic E-state index is 0.102. The second kappa shape index (κ2) is 9.32. The van der Waals surface area contributed by atoms with Crippen LogP contribution in [0.1, 0.15) is 47.9 Å². The van der Waals surface area contributed by atoms with Crippen LogP contribution < -0.4 is 10.1 Å². The van der Waals surface area contributed by atoms with Crippen LogP contribution in [0.25, 0.3) is 10.9 Å². The van der Waals surface area contributed by atoms with Gasteiger partial charge >= 0.3 is 12.1 Å². The highest BCUT2D eigenvalue weighted by Gasteiger charge is 2.33. The molecule has 0 aliphatic heterocycles. The average Bonchev–Trinajstić information content (AvgIpc) is 3.27. The Bertz CT molecular complexity index is 1220. The number of hydrogen-bond acceptors (Lipinski definition) is 6. The molecule has 0 radical (unpaired) electrons. The Hall–Kier alpha value is -3.63. The Morgan fingerprint density at radius 2 is 1.85 bits per heavy atom. The first-order chi connectivity index (χ1) is 16.2. The van der Waals surface area contributed by atoms with Crippen molar-refractivity contribution in [2.45, 2.75) is 37.9 Å². The highest BCUT2D eigenvalue weighted by Crippen LogP contribution is 2.35. The number of carbonyl (C=O) groups is 2. The number of alkyl halides is 3. The van der Waals surface area contributed by atoms with Crippen molar-refractivity contribution in [2.24, 2.45) is 5.92 Å². The van der Waals surface area contributed by atoms with Crippen molar-refractivity contribution in [3.63, 3.8) is 0 Å². The standard InChI is InChI=1S/C23H23F3N4O4/c1-33-18-11-15(27-21(31)17-4-3-5-19(28-17)23(24,25)26)10-14-12-30(29-20(14)18)16-8-6-13(7-9-16)22(32)34-2/h3-5,10-13,16H,6-9H2,1-2H3,(H,27,31). The van der Waals surface area contributed by atoms with Crippen LogP contribution >= 0.6 is 0 Å². The summed E-state index contributed by atoms with van der Waals surface area (Å²) in [6, 6.07) is 6.48. The molecule has 1 saturated carbocycles. The van der Waals surface area contributed by atoms with Crippen molar-refractivity contribution in [1.82, 2.24) is 14.8 Å². The van der Waals surface area contributed by atoms with E-state index in [2.05, 4.69) is 15.4 Å². The first kappa shape index (κ1) is 23.5. The second-order valence-corrected chi connectivity index (χ2v) is 8.11. The van der Waals surface area contributed by atoms with Gasteiger partial charge in [0.25, 0.3) is 5.91 Å². The predicted molar refractivity (Wildman–Crippen MR) is 116 cm³/mol. The maximum absolute atomic E-state index is 12.9. The smallest absolute Gasteiger partial charge is 0.433 e. The molecule has 2 heterocycles. The topological polar surface area (TPSA) is 95.3 Å². The fourth-order valence-corrected chi connectivity index (χ4v) is 4.19. The van der Waals surface area contributed by atoms with Crippen LogP contribution in [0.4, 0.5) is 18.9 Å². The van der Waals surface area contributed by atoms with Gasteiger partial charge in [-0.25, -0.2) is 4.98 Å². The highest BCUT2D eigenvalue weighted by atomic mass is 19.4. The number of pyridine rings is 1. The number of esters is 1. The van der Waals surface area contributed by atoms with Gasteiger partial charge < -0.3 is 14.8 Å². The Balaban J connectivity index is 1.55. The quantitative estimate of drug-likeness (QED) is 0.540. The van der Waals surface area contributed by atoms with E-state index in [0.29, 0.717) is 35.2 Å². The Labute approximate surface area is 193 Å². The summed E-state index contributed by atoms with van der Waals surface area (Å²) in [7, 11) is 2.86. The average molecular weight is 476 g/mol. The summed E-state index contributed by atoms with van der Waals surface area (Å²) in [6.07, 6.45) is 0.121. The third-order valence-electron chi connectivity index (χ3n) is 5.95. The molecule has 11 heteroatoms. The molecule has 1 aromatic carbocycles. The zero-order valence-electron chi connectivity index (χ0n) is 18.6. The first-order valence-electron chi connectivity index (χ1n) is 10.7. The third-order valence-corrected chi connectivity index (χ3v) is 5.95. The minimum atomic E-state index is -4.65. The lowest BCUT2D eigenvalue weighted by Gasteiger charge is -2.27. The number of ether oxygens (including phenoxy) is 2. The zero-order valence-corrected chi connectivity index (χ0v) is 18.6. The van der Waals surface area contributed by atoms with E-state index in [1.807, 2.05) is 10.9 Å². The van der Waals surface area contributed by atoms with Crippen molar-refractivity contribution in [2.75, 3.05) is 19.5 Å². The molecule has 0 spiro atoms. The van der Waals surface area contributed by atoms with Crippen LogP contribution in [0.2, 0.25) is 0 Å². The van der Waals surface area contributed by atoms with Crippen LogP contribution in [0.5, 0.6) is 5.75 Å². The minimum Gasteiger partial charge on any atom is -0.494 e. The molecule has 0 saturated heterocycles. The lowest BCUT2D eigenvalue weighted by atomic mass is 9.86. The number of fused-ring (bicyclic) bond motifs is 1. The van der Waals surface area contributed by atoms with Gasteiger partial charge in [-0.15, -0.1) is 0 Å². The van der Waals surface area contributed by atoms with E-state index >= 15 is 0 Å². The van der Waals surface area contributed by atoms with Crippen molar-refractivity contribution in [1.29, 1.82) is 0 Å². The lowest BCUT2D eigenvalue weighted by molar-refractivity contribution is -0.146. The normalized spacial score (nSPS) is 18.5. The molecular weight excluding hydrogens is 453 g/mol. The fraction of sp³-hybridized carbons (Fsp3) is 0.391. The van der Waals surface area contributed by atoms with Gasteiger partial charge in [0.2, 0.25) is 0 Å². The summed E-state index contributed by atoms with van der Waals surface area (Å²) in [5.74, 6) is -0.666. The van der Waals surface area contributed by atoms with E-state index in [1.54, 1.807) is 12.1 Å². The molecule has 2 aromatic heterocycles. The van der Waals surface area contributed by atoms with E-state index in [4.69, 9.17) is 9.47 Å². The zero-order chi connectivity index (χ0) is 24.5. The molecule has 8 nitrogen and oxygen atoms in total. The van der Waals surface area contributed by atoms with E-state index < -0.39 is 17.8 Å². The van der Waals surface area contributed by atoms with Crippen molar-refractivity contribution in [3.05, 3.63) is 47.9 Å². The molecule has 1 aliphatic rings. The molecule has 4 rings (SSSR count). The summed E-state index contributed by atoms with van der Waals surface area (Å²) in [6.45, 7) is 0. The van der Waals surface area contributed by atoms with E-state index in [9.17, 15) is 22.8 Å². The lowest BCUT2D eigenvalue weighted by Crippen LogP contribution is -2.24. The molecule has 0 atom stereocenters. The maximum Gasteiger partial charge on any atom is 0.433 e. The van der Waals surface area contributed by atoms with Gasteiger partial charge in [-0.1, -0.05) is 6.07 Å². The molecule has 1 amide bonds. The molecular formula is C23H23F3N4O4. The van der Waals surface area contributed by atoms with E-state index in [0.717, 1.165) is 25.0 Å². The summed E-state index contributed by atoms with van der Waals surface area (Å²) in [5.41, 5.74) is -0.571. The Kier molecular flexibility index (Phi) is 6.45. The molecule has 0 unspecified atom stereocenters. The maximum atomic E-state index is 12.9. The molecule has 1 aliphatic carbocycles. The summed E-state index contributed by atoms with van der Waals surface area (Å²) in [4.78, 5) is 27.7. The van der Waals surface area contributed by atoms with Gasteiger partial charge in [0.05, 0.1) is 26.2 Å². The van der Waals surface area contributed by atoms with Crippen LogP contribution in [0.3, 0.4) is 0 Å². The third kappa shape index (κ3) is 4.82. The molecule has 1 fully saturated rings. The van der Waals surface area contributed by atoms with Gasteiger partial charge in [0, 0.05) is 23.3 Å². The van der Waals surface area contributed by atoms with Crippen molar-refractivity contribution >= 4 is 28.5 Å². The Morgan fingerprint density at radius 3 is 2.50 bits per heavy atom. The number of nitrogens with zero attached hydrogens (tertiary/aromatic N) is 3. The van der Waals surface area contributed by atoms with Gasteiger partial charge in [0.1, 0.15) is 22.7 Å². The molecule has 1 N–H and O–H groups in total. The Morgan fingerprint density at radius 1 is 1.12 bits per heavy atom. The summed E-state index contributed by atoms with van der Waals surface area (Å²) >= 11 is 0. The van der Waals surface area contributed by atoms with E-state index in [-0.39, 0.29) is 23.6 Å².